The molecule has 0 spiro atoms. The van der Waals surface area contributed by atoms with Crippen LogP contribution < -0.4 is 10.1 Å². The number of ether oxygens (including phenoxy) is 1. The Kier molecular flexibility index (Phi) is 7.95. The maximum absolute atomic E-state index is 12.4. The molecule has 4 nitrogen and oxygen atoms in total. The molecule has 0 aromatic heterocycles. The number of amides is 1. The molecule has 1 aromatic carbocycles. The molecule has 1 aliphatic heterocycles. The van der Waals surface area contributed by atoms with Crippen molar-refractivity contribution in [1.29, 1.82) is 0 Å². The Morgan fingerprint density at radius 2 is 1.92 bits per heavy atom. The third kappa shape index (κ3) is 6.31. The van der Waals surface area contributed by atoms with Gasteiger partial charge in [0.15, 0.2) is 6.10 Å². The lowest BCUT2D eigenvalue weighted by atomic mass is 9.92. The van der Waals surface area contributed by atoms with Gasteiger partial charge in [-0.05, 0) is 74.8 Å². The minimum atomic E-state index is -0.424. The first kappa shape index (κ1) is 20.8. The summed E-state index contributed by atoms with van der Waals surface area (Å²) in [6.07, 6.45) is 2.57. The first-order valence-corrected chi connectivity index (χ1v) is 10.1. The van der Waals surface area contributed by atoms with Crippen molar-refractivity contribution in [2.75, 3.05) is 26.2 Å². The molecule has 1 aromatic rings. The van der Waals surface area contributed by atoms with Crippen LogP contribution in [0.2, 0.25) is 0 Å². The Bertz CT molecular complexity index is 578. The number of hydrogen-bond donors (Lipinski definition) is 1. The van der Waals surface area contributed by atoms with E-state index in [0.29, 0.717) is 13.0 Å². The summed E-state index contributed by atoms with van der Waals surface area (Å²) in [5.74, 6) is 2.32. The first-order chi connectivity index (χ1) is 12.4. The highest BCUT2D eigenvalue weighted by Crippen LogP contribution is 2.21. The molecule has 1 heterocycles. The van der Waals surface area contributed by atoms with Gasteiger partial charge in [0.1, 0.15) is 5.75 Å². The van der Waals surface area contributed by atoms with Crippen LogP contribution in [0.3, 0.4) is 0 Å². The summed E-state index contributed by atoms with van der Waals surface area (Å²) < 4.78 is 5.91. The number of benzene rings is 1. The molecule has 2 rings (SSSR count). The molecule has 0 aliphatic carbocycles. The van der Waals surface area contributed by atoms with Gasteiger partial charge >= 0.3 is 0 Å². The van der Waals surface area contributed by atoms with Crippen molar-refractivity contribution in [3.8, 4) is 5.75 Å². The van der Waals surface area contributed by atoms with Crippen LogP contribution in [0.4, 0.5) is 0 Å². The Hall–Kier alpha value is -1.55. The lowest BCUT2D eigenvalue weighted by molar-refractivity contribution is -0.128. The summed E-state index contributed by atoms with van der Waals surface area (Å²) in [5.41, 5.74) is 2.42. The number of likely N-dealkylation sites (tertiary alicyclic amines) is 1. The maximum Gasteiger partial charge on any atom is 0.261 e. The molecule has 0 bridgehead atoms. The molecule has 1 aliphatic rings. The summed E-state index contributed by atoms with van der Waals surface area (Å²) in [4.78, 5) is 15.0. The quantitative estimate of drug-likeness (QED) is 0.714. The number of piperidine rings is 1. The average molecular weight is 361 g/mol. The van der Waals surface area contributed by atoms with Gasteiger partial charge in [0.25, 0.3) is 5.91 Å². The monoisotopic (exact) mass is 360 g/mol. The molecular weight excluding hydrogens is 324 g/mol. The number of rotatable bonds is 8. The van der Waals surface area contributed by atoms with Crippen LogP contribution in [0.25, 0.3) is 0 Å². The normalized spacial score (nSPS) is 22.0. The summed E-state index contributed by atoms with van der Waals surface area (Å²) in [6, 6.07) is 5.98. The number of carbonyl (C=O) groups is 1. The highest BCUT2D eigenvalue weighted by Gasteiger charge is 2.22. The van der Waals surface area contributed by atoms with Gasteiger partial charge in [0.2, 0.25) is 0 Å². The van der Waals surface area contributed by atoms with Gasteiger partial charge in [-0.3, -0.25) is 4.79 Å². The molecule has 1 fully saturated rings. The number of nitrogens with zero attached hydrogens (tertiary/aromatic N) is 1. The molecule has 146 valence electrons. The summed E-state index contributed by atoms with van der Waals surface area (Å²) in [6.45, 7) is 14.9. The minimum Gasteiger partial charge on any atom is -0.481 e. The number of hydrogen-bond acceptors (Lipinski definition) is 3. The summed E-state index contributed by atoms with van der Waals surface area (Å²) in [7, 11) is 0. The van der Waals surface area contributed by atoms with E-state index in [0.717, 1.165) is 30.6 Å². The Morgan fingerprint density at radius 3 is 2.54 bits per heavy atom. The van der Waals surface area contributed by atoms with Crippen LogP contribution in [0.5, 0.6) is 5.75 Å². The van der Waals surface area contributed by atoms with Gasteiger partial charge < -0.3 is 15.0 Å². The van der Waals surface area contributed by atoms with Gasteiger partial charge in [0, 0.05) is 19.6 Å². The van der Waals surface area contributed by atoms with Crippen LogP contribution in [0, 0.1) is 25.7 Å². The molecule has 26 heavy (non-hydrogen) atoms. The molecule has 1 N–H and O–H groups in total. The lowest BCUT2D eigenvalue weighted by Crippen LogP contribution is -2.41. The third-order valence-corrected chi connectivity index (χ3v) is 5.31. The molecule has 0 radical (unpaired) electrons. The van der Waals surface area contributed by atoms with Crippen molar-refractivity contribution in [3.05, 3.63) is 29.3 Å². The van der Waals surface area contributed by atoms with Gasteiger partial charge in [-0.15, -0.1) is 0 Å². The zero-order chi connectivity index (χ0) is 19.1. The Balaban J connectivity index is 1.73. The van der Waals surface area contributed by atoms with Crippen LogP contribution in [-0.2, 0) is 4.79 Å². The van der Waals surface area contributed by atoms with Crippen molar-refractivity contribution in [3.63, 3.8) is 0 Å². The van der Waals surface area contributed by atoms with Gasteiger partial charge in [-0.1, -0.05) is 26.8 Å². The predicted molar refractivity (Wildman–Crippen MR) is 108 cm³/mol. The van der Waals surface area contributed by atoms with E-state index in [2.05, 4.69) is 37.9 Å². The summed E-state index contributed by atoms with van der Waals surface area (Å²) in [5, 5.41) is 3.05. The van der Waals surface area contributed by atoms with Crippen molar-refractivity contribution in [2.24, 2.45) is 11.8 Å². The summed E-state index contributed by atoms with van der Waals surface area (Å²) >= 11 is 0. The van der Waals surface area contributed by atoms with Gasteiger partial charge in [0.05, 0.1) is 0 Å². The molecule has 3 atom stereocenters. The van der Waals surface area contributed by atoms with Crippen molar-refractivity contribution in [1.82, 2.24) is 10.2 Å². The zero-order valence-electron chi connectivity index (χ0n) is 17.2. The predicted octanol–water partition coefficient (Wildman–Crippen LogP) is 3.95. The molecule has 1 amide bonds. The number of aryl methyl sites for hydroxylation is 2. The van der Waals surface area contributed by atoms with E-state index in [1.165, 1.54) is 30.6 Å². The molecular formula is C22H36N2O2. The highest BCUT2D eigenvalue weighted by atomic mass is 16.5. The topological polar surface area (TPSA) is 41.6 Å². The smallest absolute Gasteiger partial charge is 0.261 e. The van der Waals surface area contributed by atoms with Crippen molar-refractivity contribution >= 4 is 5.91 Å². The zero-order valence-corrected chi connectivity index (χ0v) is 17.2. The van der Waals surface area contributed by atoms with Crippen LogP contribution in [0.1, 0.15) is 51.2 Å². The second kappa shape index (κ2) is 9.96. The van der Waals surface area contributed by atoms with Crippen molar-refractivity contribution < 1.29 is 9.53 Å². The number of carbonyl (C=O) groups excluding carboxylic acids is 1. The molecule has 0 saturated carbocycles. The van der Waals surface area contributed by atoms with E-state index in [9.17, 15) is 4.79 Å². The average Bonchev–Trinajstić information content (AvgIpc) is 2.58. The molecule has 4 heteroatoms. The second-order valence-electron chi connectivity index (χ2n) is 8.11. The Morgan fingerprint density at radius 1 is 1.23 bits per heavy atom. The lowest BCUT2D eigenvalue weighted by Gasteiger charge is -2.35. The van der Waals surface area contributed by atoms with E-state index in [1.54, 1.807) is 0 Å². The SMILES string of the molecule is CC[C@@H](Oc1ccc(C)c(C)c1)C(=O)NCCCN1C[C@H](C)C[C@@H](C)C1. The fourth-order valence-electron chi connectivity index (χ4n) is 3.88. The Labute approximate surface area is 159 Å². The van der Waals surface area contributed by atoms with Crippen molar-refractivity contribution in [2.45, 2.75) is 60.0 Å². The van der Waals surface area contributed by atoms with Gasteiger partial charge in [-0.2, -0.15) is 0 Å². The fourth-order valence-corrected chi connectivity index (χ4v) is 3.88. The van der Waals surface area contributed by atoms with Crippen LogP contribution >= 0.6 is 0 Å². The van der Waals surface area contributed by atoms with E-state index in [4.69, 9.17) is 4.74 Å². The molecule has 1 saturated heterocycles. The third-order valence-electron chi connectivity index (χ3n) is 5.31. The van der Waals surface area contributed by atoms with E-state index in [-0.39, 0.29) is 5.91 Å². The molecule has 0 unspecified atom stereocenters. The minimum absolute atomic E-state index is 0.00823. The van der Waals surface area contributed by atoms with Crippen LogP contribution in [0.15, 0.2) is 18.2 Å². The van der Waals surface area contributed by atoms with Gasteiger partial charge in [-0.25, -0.2) is 0 Å². The largest absolute Gasteiger partial charge is 0.481 e. The number of nitrogens with one attached hydrogen (secondary N) is 1. The standard InChI is InChI=1S/C22H36N2O2/c1-6-21(26-20-9-8-18(4)19(5)13-20)22(25)23-10-7-11-24-14-16(2)12-17(3)15-24/h8-9,13,16-17,21H,6-7,10-12,14-15H2,1-5H3,(H,23,25)/t16-,17-,21-/m1/s1. The second-order valence-corrected chi connectivity index (χ2v) is 8.11. The highest BCUT2D eigenvalue weighted by molar-refractivity contribution is 5.81. The van der Waals surface area contributed by atoms with E-state index < -0.39 is 6.10 Å². The van der Waals surface area contributed by atoms with Crippen LogP contribution in [-0.4, -0.2) is 43.1 Å². The first-order valence-electron chi connectivity index (χ1n) is 10.1. The maximum atomic E-state index is 12.4. The van der Waals surface area contributed by atoms with E-state index >= 15 is 0 Å². The fraction of sp³-hybridized carbons (Fsp3) is 0.682. The van der Waals surface area contributed by atoms with E-state index in [1.807, 2.05) is 25.1 Å².